The summed E-state index contributed by atoms with van der Waals surface area (Å²) in [5, 5.41) is 0. The van der Waals surface area contributed by atoms with Crippen LogP contribution < -0.4 is 0 Å². The Morgan fingerprint density at radius 2 is 1.77 bits per heavy atom. The summed E-state index contributed by atoms with van der Waals surface area (Å²) in [6.07, 6.45) is 0. The molecule has 0 spiro atoms. The molecule has 0 unspecified atom stereocenters. The van der Waals surface area contributed by atoms with Gasteiger partial charge in [0.15, 0.2) is 0 Å². The van der Waals surface area contributed by atoms with Crippen LogP contribution in [0.4, 0.5) is 0 Å². The molecule has 4 nitrogen and oxygen atoms in total. The fourth-order valence-electron chi connectivity index (χ4n) is 1.29. The summed E-state index contributed by atoms with van der Waals surface area (Å²) >= 11 is 2.10. The Hall–Kier alpha value is 0.600. The van der Waals surface area contributed by atoms with Crippen LogP contribution in [0.1, 0.15) is 0 Å². The van der Waals surface area contributed by atoms with E-state index in [0.29, 0.717) is 17.5 Å². The van der Waals surface area contributed by atoms with Crippen LogP contribution in [0.25, 0.3) is 0 Å². The lowest BCUT2D eigenvalue weighted by molar-refractivity contribution is 0.222. The molecule has 0 radical (unpaired) electrons. The van der Waals surface area contributed by atoms with E-state index >= 15 is 0 Å². The van der Waals surface area contributed by atoms with Crippen LogP contribution in [0.2, 0.25) is 0 Å². The van der Waals surface area contributed by atoms with Crippen molar-refractivity contribution >= 4 is 32.6 Å². The predicted octanol–water partition coefficient (Wildman–Crippen LogP) is -0.00140. The Kier molecular flexibility index (Phi) is 4.40. The van der Waals surface area contributed by atoms with Crippen LogP contribution in [0.15, 0.2) is 0 Å². The molecule has 78 valence electrons. The molecule has 0 aromatic rings. The van der Waals surface area contributed by atoms with Crippen molar-refractivity contribution in [2.45, 2.75) is 0 Å². The van der Waals surface area contributed by atoms with E-state index in [1.807, 2.05) is 7.05 Å². The van der Waals surface area contributed by atoms with Crippen LogP contribution in [0.3, 0.4) is 0 Å². The molecule has 13 heavy (non-hydrogen) atoms. The zero-order chi connectivity index (χ0) is 9.90. The number of nitrogens with zero attached hydrogens (tertiary/aromatic N) is 2. The van der Waals surface area contributed by atoms with Crippen molar-refractivity contribution in [3.63, 3.8) is 0 Å². The molecule has 1 rings (SSSR count). The lowest BCUT2D eigenvalue weighted by Gasteiger charge is -2.31. The summed E-state index contributed by atoms with van der Waals surface area (Å²) in [6.45, 7) is 2.99. The first-order valence-corrected chi connectivity index (χ1v) is 7.42. The normalized spacial score (nSPS) is 22.0. The van der Waals surface area contributed by atoms with Gasteiger partial charge in [-0.25, -0.2) is 8.42 Å². The Morgan fingerprint density at radius 1 is 1.23 bits per heavy atom. The van der Waals surface area contributed by atoms with Gasteiger partial charge in [0.25, 0.3) is 0 Å². The second-order valence-electron chi connectivity index (χ2n) is 3.21. The molecule has 0 aliphatic carbocycles. The van der Waals surface area contributed by atoms with E-state index in [4.69, 9.17) is 0 Å². The quantitative estimate of drug-likeness (QED) is 0.543. The Balaban J connectivity index is 2.53. The number of hydrogen-bond acceptors (Lipinski definition) is 3. The molecular weight excluding hydrogens is 303 g/mol. The third kappa shape index (κ3) is 3.34. The molecule has 0 bridgehead atoms. The molecule has 1 heterocycles. The maximum absolute atomic E-state index is 11.6. The van der Waals surface area contributed by atoms with Crippen LogP contribution in [-0.2, 0) is 10.0 Å². The molecule has 1 aliphatic rings. The van der Waals surface area contributed by atoms with Crippen molar-refractivity contribution in [1.82, 2.24) is 9.21 Å². The molecule has 0 aromatic heterocycles. The monoisotopic (exact) mass is 318 g/mol. The van der Waals surface area contributed by atoms with Gasteiger partial charge in [0.2, 0.25) is 10.0 Å². The standard InChI is InChI=1S/C7H15IN2O2S/c1-9-3-5-10(6-4-9)13(11,12)7-2-8/h2-7H2,1H3. The highest BCUT2D eigenvalue weighted by Gasteiger charge is 2.24. The van der Waals surface area contributed by atoms with Crippen molar-refractivity contribution in [2.24, 2.45) is 0 Å². The van der Waals surface area contributed by atoms with E-state index in [-0.39, 0.29) is 5.75 Å². The maximum atomic E-state index is 11.6. The van der Waals surface area contributed by atoms with Gasteiger partial charge in [0, 0.05) is 30.6 Å². The zero-order valence-corrected chi connectivity index (χ0v) is 10.7. The van der Waals surface area contributed by atoms with Crippen LogP contribution in [0.5, 0.6) is 0 Å². The SMILES string of the molecule is CN1CCN(S(=O)(=O)CCI)CC1. The van der Waals surface area contributed by atoms with E-state index in [1.54, 1.807) is 4.31 Å². The second kappa shape index (κ2) is 4.90. The van der Waals surface area contributed by atoms with Crippen molar-refractivity contribution in [1.29, 1.82) is 0 Å². The van der Waals surface area contributed by atoms with Crippen LogP contribution >= 0.6 is 22.6 Å². The number of alkyl halides is 1. The van der Waals surface area contributed by atoms with Crippen molar-refractivity contribution in [2.75, 3.05) is 43.4 Å². The molecule has 1 saturated heterocycles. The topological polar surface area (TPSA) is 40.6 Å². The second-order valence-corrected chi connectivity index (χ2v) is 6.37. The molecule has 1 aliphatic heterocycles. The highest BCUT2D eigenvalue weighted by atomic mass is 127. The Bertz CT molecular complexity index is 247. The molecule has 0 N–H and O–H groups in total. The molecule has 1 fully saturated rings. The molecule has 0 amide bonds. The van der Waals surface area contributed by atoms with Gasteiger partial charge in [-0.3, -0.25) is 0 Å². The first-order valence-electron chi connectivity index (χ1n) is 4.28. The average Bonchev–Trinajstić information content (AvgIpc) is 2.05. The fourth-order valence-corrected chi connectivity index (χ4v) is 4.14. The molecule has 0 atom stereocenters. The maximum Gasteiger partial charge on any atom is 0.214 e. The highest BCUT2D eigenvalue weighted by molar-refractivity contribution is 14.1. The Morgan fingerprint density at radius 3 is 2.23 bits per heavy atom. The van der Waals surface area contributed by atoms with Crippen molar-refractivity contribution in [3.05, 3.63) is 0 Å². The predicted molar refractivity (Wildman–Crippen MR) is 61.7 cm³/mol. The van der Waals surface area contributed by atoms with Crippen LogP contribution in [-0.4, -0.2) is 61.0 Å². The van der Waals surface area contributed by atoms with Gasteiger partial charge in [0.05, 0.1) is 5.75 Å². The summed E-state index contributed by atoms with van der Waals surface area (Å²) < 4.78 is 25.5. The number of rotatable bonds is 3. The molecule has 6 heteroatoms. The van der Waals surface area contributed by atoms with Crippen LogP contribution in [0, 0.1) is 0 Å². The first kappa shape index (κ1) is 11.7. The van der Waals surface area contributed by atoms with E-state index in [9.17, 15) is 8.42 Å². The minimum atomic E-state index is -2.96. The third-order valence-electron chi connectivity index (χ3n) is 2.19. The van der Waals surface area contributed by atoms with Gasteiger partial charge in [-0.2, -0.15) is 4.31 Å². The van der Waals surface area contributed by atoms with Gasteiger partial charge in [0.1, 0.15) is 0 Å². The number of hydrogen-bond donors (Lipinski definition) is 0. The smallest absolute Gasteiger partial charge is 0.214 e. The molecular formula is C7H15IN2O2S. The summed E-state index contributed by atoms with van der Waals surface area (Å²) in [5.74, 6) is 0.275. The number of halogens is 1. The highest BCUT2D eigenvalue weighted by Crippen LogP contribution is 2.07. The molecule has 0 aromatic carbocycles. The lowest BCUT2D eigenvalue weighted by atomic mass is 10.4. The van der Waals surface area contributed by atoms with Gasteiger partial charge >= 0.3 is 0 Å². The van der Waals surface area contributed by atoms with E-state index < -0.39 is 10.0 Å². The van der Waals surface area contributed by atoms with Gasteiger partial charge in [-0.1, -0.05) is 22.6 Å². The number of sulfonamides is 1. The van der Waals surface area contributed by atoms with E-state index in [2.05, 4.69) is 27.5 Å². The largest absolute Gasteiger partial charge is 0.304 e. The summed E-state index contributed by atoms with van der Waals surface area (Å²) in [5.41, 5.74) is 0. The van der Waals surface area contributed by atoms with Gasteiger partial charge in [-0.05, 0) is 7.05 Å². The minimum Gasteiger partial charge on any atom is -0.304 e. The molecule has 0 saturated carbocycles. The Labute approximate surface area is 93.5 Å². The van der Waals surface area contributed by atoms with Crippen molar-refractivity contribution in [3.8, 4) is 0 Å². The van der Waals surface area contributed by atoms with E-state index in [1.165, 1.54) is 0 Å². The average molecular weight is 318 g/mol. The van der Waals surface area contributed by atoms with Crippen molar-refractivity contribution < 1.29 is 8.42 Å². The van der Waals surface area contributed by atoms with Gasteiger partial charge in [-0.15, -0.1) is 0 Å². The number of piperazine rings is 1. The summed E-state index contributed by atoms with van der Waals surface area (Å²) in [6, 6.07) is 0. The third-order valence-corrected chi connectivity index (χ3v) is 5.33. The summed E-state index contributed by atoms with van der Waals surface area (Å²) in [7, 11) is -0.942. The van der Waals surface area contributed by atoms with E-state index in [0.717, 1.165) is 13.1 Å². The fraction of sp³-hybridized carbons (Fsp3) is 1.00. The van der Waals surface area contributed by atoms with Gasteiger partial charge < -0.3 is 4.90 Å². The lowest BCUT2D eigenvalue weighted by Crippen LogP contribution is -2.47. The summed E-state index contributed by atoms with van der Waals surface area (Å²) in [4.78, 5) is 2.15. The minimum absolute atomic E-state index is 0.275. The first-order chi connectivity index (χ1) is 6.06. The number of likely N-dealkylation sites (N-methyl/N-ethyl adjacent to an activating group) is 1. The zero-order valence-electron chi connectivity index (χ0n) is 7.74.